The number of aliphatic hydroxyl groups excluding tert-OH is 1. The SMILES string of the molecule is CC(C)n1ncc(Br)c1C(O)C1CCOc2ccccc21. The van der Waals surface area contributed by atoms with E-state index >= 15 is 0 Å². The topological polar surface area (TPSA) is 47.3 Å². The summed E-state index contributed by atoms with van der Waals surface area (Å²) in [4.78, 5) is 0. The van der Waals surface area contributed by atoms with Crippen LogP contribution in [0.2, 0.25) is 0 Å². The zero-order chi connectivity index (χ0) is 15.0. The fraction of sp³-hybridized carbons (Fsp3) is 0.438. The van der Waals surface area contributed by atoms with Gasteiger partial charge in [0, 0.05) is 17.5 Å². The lowest BCUT2D eigenvalue weighted by Gasteiger charge is -2.30. The summed E-state index contributed by atoms with van der Waals surface area (Å²) in [7, 11) is 0. The van der Waals surface area contributed by atoms with Crippen LogP contribution in [0.1, 0.15) is 49.6 Å². The third-order valence-electron chi connectivity index (χ3n) is 3.94. The van der Waals surface area contributed by atoms with Crippen LogP contribution in [0.3, 0.4) is 0 Å². The highest BCUT2D eigenvalue weighted by molar-refractivity contribution is 9.10. The molecule has 3 rings (SSSR count). The van der Waals surface area contributed by atoms with Gasteiger partial charge in [0.2, 0.25) is 0 Å². The smallest absolute Gasteiger partial charge is 0.122 e. The molecule has 1 aliphatic heterocycles. The summed E-state index contributed by atoms with van der Waals surface area (Å²) in [6.45, 7) is 4.76. The third kappa shape index (κ3) is 2.60. The molecule has 0 spiro atoms. The minimum atomic E-state index is -0.602. The van der Waals surface area contributed by atoms with Crippen molar-refractivity contribution in [2.24, 2.45) is 0 Å². The zero-order valence-electron chi connectivity index (χ0n) is 12.2. The normalized spacial score (nSPS) is 19.2. The van der Waals surface area contributed by atoms with Crippen LogP contribution in [0.25, 0.3) is 0 Å². The summed E-state index contributed by atoms with van der Waals surface area (Å²) >= 11 is 3.52. The Bertz CT molecular complexity index is 639. The highest BCUT2D eigenvalue weighted by Gasteiger charge is 2.32. The molecule has 0 aliphatic carbocycles. The molecule has 2 atom stereocenters. The average Bonchev–Trinajstić information content (AvgIpc) is 2.88. The standard InChI is InChI=1S/C16H19BrN2O2/c1-10(2)19-15(13(17)9-18-19)16(20)12-7-8-21-14-6-4-3-5-11(12)14/h3-6,9-10,12,16,20H,7-8H2,1-2H3. The van der Waals surface area contributed by atoms with Crippen LogP contribution >= 0.6 is 15.9 Å². The van der Waals surface area contributed by atoms with Gasteiger partial charge < -0.3 is 9.84 Å². The molecule has 1 aromatic heterocycles. The largest absolute Gasteiger partial charge is 0.493 e. The Labute approximate surface area is 132 Å². The Morgan fingerprint density at radius 1 is 1.38 bits per heavy atom. The molecule has 1 aliphatic rings. The van der Waals surface area contributed by atoms with Crippen molar-refractivity contribution in [3.8, 4) is 5.75 Å². The van der Waals surface area contributed by atoms with Crippen molar-refractivity contribution >= 4 is 15.9 Å². The van der Waals surface area contributed by atoms with Crippen LogP contribution in [-0.4, -0.2) is 21.5 Å². The highest BCUT2D eigenvalue weighted by atomic mass is 79.9. The van der Waals surface area contributed by atoms with Gasteiger partial charge in [-0.1, -0.05) is 18.2 Å². The molecule has 0 saturated heterocycles. The maximum Gasteiger partial charge on any atom is 0.122 e. The number of para-hydroxylation sites is 1. The van der Waals surface area contributed by atoms with Gasteiger partial charge in [0.15, 0.2) is 0 Å². The monoisotopic (exact) mass is 350 g/mol. The van der Waals surface area contributed by atoms with Gasteiger partial charge in [0.1, 0.15) is 11.9 Å². The van der Waals surface area contributed by atoms with Gasteiger partial charge in [-0.15, -0.1) is 0 Å². The van der Waals surface area contributed by atoms with Gasteiger partial charge in [-0.2, -0.15) is 5.10 Å². The Balaban J connectivity index is 2.01. The second kappa shape index (κ2) is 5.81. The lowest BCUT2D eigenvalue weighted by Crippen LogP contribution is -2.23. The van der Waals surface area contributed by atoms with Crippen LogP contribution in [0.4, 0.5) is 0 Å². The van der Waals surface area contributed by atoms with Gasteiger partial charge in [-0.05, 0) is 42.3 Å². The molecule has 0 radical (unpaired) electrons. The van der Waals surface area contributed by atoms with E-state index in [-0.39, 0.29) is 12.0 Å². The average molecular weight is 351 g/mol. The number of halogens is 1. The van der Waals surface area contributed by atoms with E-state index in [1.54, 1.807) is 6.20 Å². The van der Waals surface area contributed by atoms with E-state index in [1.165, 1.54) is 0 Å². The molecule has 4 nitrogen and oxygen atoms in total. The molecular weight excluding hydrogens is 332 g/mol. The first-order chi connectivity index (χ1) is 10.1. The second-order valence-corrected chi connectivity index (χ2v) is 6.50. The lowest BCUT2D eigenvalue weighted by atomic mass is 9.87. The number of nitrogens with zero attached hydrogens (tertiary/aromatic N) is 2. The first-order valence-electron chi connectivity index (χ1n) is 7.22. The molecule has 0 bridgehead atoms. The van der Waals surface area contributed by atoms with Crippen molar-refractivity contribution in [3.05, 3.63) is 46.2 Å². The predicted octanol–water partition coefficient (Wildman–Crippen LogP) is 3.83. The minimum Gasteiger partial charge on any atom is -0.493 e. The number of hydrogen-bond acceptors (Lipinski definition) is 3. The molecule has 2 aromatic rings. The zero-order valence-corrected chi connectivity index (χ0v) is 13.7. The molecule has 0 amide bonds. The summed E-state index contributed by atoms with van der Waals surface area (Å²) in [6.07, 6.45) is 1.95. The Hall–Kier alpha value is -1.33. The van der Waals surface area contributed by atoms with Crippen molar-refractivity contribution in [1.82, 2.24) is 9.78 Å². The molecule has 112 valence electrons. The fourth-order valence-corrected chi connectivity index (χ4v) is 3.43. The van der Waals surface area contributed by atoms with Crippen LogP contribution in [0.15, 0.2) is 34.9 Å². The Morgan fingerprint density at radius 3 is 2.90 bits per heavy atom. The maximum absolute atomic E-state index is 10.9. The van der Waals surface area contributed by atoms with E-state index < -0.39 is 6.10 Å². The third-order valence-corrected chi connectivity index (χ3v) is 4.55. The van der Waals surface area contributed by atoms with E-state index in [9.17, 15) is 5.11 Å². The summed E-state index contributed by atoms with van der Waals surface area (Å²) in [5.41, 5.74) is 1.91. The van der Waals surface area contributed by atoms with Gasteiger partial charge in [0.05, 0.1) is 23.0 Å². The number of aliphatic hydroxyl groups is 1. The van der Waals surface area contributed by atoms with E-state index in [0.29, 0.717) is 6.61 Å². The van der Waals surface area contributed by atoms with E-state index in [2.05, 4.69) is 34.9 Å². The van der Waals surface area contributed by atoms with E-state index in [4.69, 9.17) is 4.74 Å². The Morgan fingerprint density at radius 2 is 2.14 bits per heavy atom. The van der Waals surface area contributed by atoms with Crippen molar-refractivity contribution in [1.29, 1.82) is 0 Å². The first kappa shape index (κ1) is 14.6. The number of ether oxygens (including phenoxy) is 1. The van der Waals surface area contributed by atoms with E-state index in [0.717, 1.165) is 27.9 Å². The minimum absolute atomic E-state index is 0.0282. The maximum atomic E-state index is 10.9. The summed E-state index contributed by atoms with van der Waals surface area (Å²) in [5, 5.41) is 15.3. The highest BCUT2D eigenvalue weighted by Crippen LogP contribution is 2.43. The predicted molar refractivity (Wildman–Crippen MR) is 84.6 cm³/mol. The quantitative estimate of drug-likeness (QED) is 0.914. The van der Waals surface area contributed by atoms with Gasteiger partial charge in [0.25, 0.3) is 0 Å². The fourth-order valence-electron chi connectivity index (χ4n) is 2.93. The Kier molecular flexibility index (Phi) is 4.04. The second-order valence-electron chi connectivity index (χ2n) is 5.64. The molecule has 21 heavy (non-hydrogen) atoms. The number of rotatable bonds is 3. The number of aromatic nitrogens is 2. The van der Waals surface area contributed by atoms with Crippen molar-refractivity contribution in [2.75, 3.05) is 6.61 Å². The number of benzene rings is 1. The molecule has 1 aromatic carbocycles. The molecule has 2 unspecified atom stereocenters. The number of hydrogen-bond donors (Lipinski definition) is 1. The van der Waals surface area contributed by atoms with Crippen molar-refractivity contribution < 1.29 is 9.84 Å². The molecule has 2 heterocycles. The molecule has 1 N–H and O–H groups in total. The molecule has 0 saturated carbocycles. The molecule has 0 fully saturated rings. The summed E-state index contributed by atoms with van der Waals surface area (Å²) < 4.78 is 8.42. The van der Waals surface area contributed by atoms with Crippen LogP contribution < -0.4 is 4.74 Å². The summed E-state index contributed by atoms with van der Waals surface area (Å²) in [5.74, 6) is 0.903. The van der Waals surface area contributed by atoms with Crippen molar-refractivity contribution in [3.63, 3.8) is 0 Å². The van der Waals surface area contributed by atoms with Crippen LogP contribution in [-0.2, 0) is 0 Å². The summed E-state index contributed by atoms with van der Waals surface area (Å²) in [6, 6.07) is 8.15. The molecule has 5 heteroatoms. The van der Waals surface area contributed by atoms with E-state index in [1.807, 2.05) is 28.9 Å². The van der Waals surface area contributed by atoms with Crippen LogP contribution in [0, 0.1) is 0 Å². The van der Waals surface area contributed by atoms with Gasteiger partial charge >= 0.3 is 0 Å². The molecular formula is C16H19BrN2O2. The number of fused-ring (bicyclic) bond motifs is 1. The lowest BCUT2D eigenvalue weighted by molar-refractivity contribution is 0.107. The van der Waals surface area contributed by atoms with Crippen molar-refractivity contribution in [2.45, 2.75) is 38.3 Å². The van der Waals surface area contributed by atoms with Gasteiger partial charge in [-0.25, -0.2) is 0 Å². The first-order valence-corrected chi connectivity index (χ1v) is 8.01. The van der Waals surface area contributed by atoms with Gasteiger partial charge in [-0.3, -0.25) is 4.68 Å². The van der Waals surface area contributed by atoms with Crippen LogP contribution in [0.5, 0.6) is 5.75 Å².